The van der Waals surface area contributed by atoms with Crippen molar-refractivity contribution in [1.29, 1.82) is 0 Å². The van der Waals surface area contributed by atoms with Gasteiger partial charge in [-0.2, -0.15) is 0 Å². The Hall–Kier alpha value is -2.07. The lowest BCUT2D eigenvalue weighted by Gasteiger charge is -2.25. The Morgan fingerprint density at radius 2 is 1.91 bits per heavy atom. The van der Waals surface area contributed by atoms with Crippen LogP contribution < -0.4 is 4.90 Å². The van der Waals surface area contributed by atoms with Crippen molar-refractivity contribution in [3.63, 3.8) is 0 Å². The molecule has 1 aromatic heterocycles. The smallest absolute Gasteiger partial charge is 0.241 e. The first-order valence-electron chi connectivity index (χ1n) is 7.77. The van der Waals surface area contributed by atoms with Gasteiger partial charge in [0.1, 0.15) is 5.76 Å². The summed E-state index contributed by atoms with van der Waals surface area (Å²) in [6.45, 7) is 3.96. The Morgan fingerprint density at radius 1 is 1.14 bits per heavy atom. The number of furan rings is 1. The first-order chi connectivity index (χ1) is 10.7. The van der Waals surface area contributed by atoms with Crippen LogP contribution >= 0.6 is 0 Å². The molecule has 0 saturated carbocycles. The predicted octanol–water partition coefficient (Wildman–Crippen LogP) is 3.54. The van der Waals surface area contributed by atoms with E-state index in [2.05, 4.69) is 11.8 Å². The van der Waals surface area contributed by atoms with E-state index in [4.69, 9.17) is 4.42 Å². The summed E-state index contributed by atoms with van der Waals surface area (Å²) in [5.41, 5.74) is 0.896. The van der Waals surface area contributed by atoms with Crippen LogP contribution in [0.3, 0.4) is 0 Å². The molecule has 22 heavy (non-hydrogen) atoms. The third kappa shape index (κ3) is 4.74. The Balaban J connectivity index is 2.08. The fourth-order valence-electron chi connectivity index (χ4n) is 2.31. The highest BCUT2D eigenvalue weighted by Gasteiger charge is 2.18. The third-order valence-electron chi connectivity index (χ3n) is 3.56. The van der Waals surface area contributed by atoms with Crippen LogP contribution in [0.2, 0.25) is 0 Å². The van der Waals surface area contributed by atoms with E-state index in [1.165, 1.54) is 0 Å². The molecule has 0 aliphatic carbocycles. The van der Waals surface area contributed by atoms with E-state index in [1.54, 1.807) is 11.2 Å². The van der Waals surface area contributed by atoms with Gasteiger partial charge in [0, 0.05) is 5.69 Å². The van der Waals surface area contributed by atoms with Crippen molar-refractivity contribution >= 4 is 11.6 Å². The van der Waals surface area contributed by atoms with Crippen molar-refractivity contribution in [2.75, 3.05) is 25.0 Å². The minimum absolute atomic E-state index is 0.0844. The number of anilines is 1. The van der Waals surface area contributed by atoms with Crippen molar-refractivity contribution in [3.05, 3.63) is 54.5 Å². The molecule has 0 saturated heterocycles. The second-order valence-corrected chi connectivity index (χ2v) is 5.49. The first kappa shape index (κ1) is 16.3. The SMILES string of the molecule is CCCCN(C)CC(=O)N(Cc1ccco1)c1ccccc1. The Labute approximate surface area is 132 Å². The molecule has 118 valence electrons. The Kier molecular flexibility index (Phi) is 6.22. The monoisotopic (exact) mass is 300 g/mol. The van der Waals surface area contributed by atoms with Gasteiger partial charge in [-0.25, -0.2) is 0 Å². The number of para-hydroxylation sites is 1. The van der Waals surface area contributed by atoms with E-state index in [-0.39, 0.29) is 5.91 Å². The van der Waals surface area contributed by atoms with Crippen LogP contribution in [-0.4, -0.2) is 30.9 Å². The van der Waals surface area contributed by atoms with Crippen molar-refractivity contribution in [3.8, 4) is 0 Å². The lowest BCUT2D eigenvalue weighted by atomic mass is 10.2. The van der Waals surface area contributed by atoms with E-state index < -0.39 is 0 Å². The quantitative estimate of drug-likeness (QED) is 0.748. The summed E-state index contributed by atoms with van der Waals surface area (Å²) in [4.78, 5) is 16.5. The van der Waals surface area contributed by atoms with Crippen LogP contribution in [0.25, 0.3) is 0 Å². The van der Waals surface area contributed by atoms with Gasteiger partial charge in [0.25, 0.3) is 0 Å². The number of nitrogens with zero attached hydrogens (tertiary/aromatic N) is 2. The second-order valence-electron chi connectivity index (χ2n) is 5.49. The molecule has 2 rings (SSSR count). The number of likely N-dealkylation sites (N-methyl/N-ethyl adjacent to an activating group) is 1. The van der Waals surface area contributed by atoms with Crippen LogP contribution in [0, 0.1) is 0 Å². The molecule has 0 unspecified atom stereocenters. The Bertz CT molecular complexity index is 552. The molecule has 0 spiro atoms. The fourth-order valence-corrected chi connectivity index (χ4v) is 2.31. The zero-order valence-corrected chi connectivity index (χ0v) is 13.4. The van der Waals surface area contributed by atoms with Gasteiger partial charge in [0.05, 0.1) is 19.4 Å². The van der Waals surface area contributed by atoms with E-state index in [9.17, 15) is 4.79 Å². The molecule has 0 fully saturated rings. The summed E-state index contributed by atoms with van der Waals surface area (Å²) >= 11 is 0. The summed E-state index contributed by atoms with van der Waals surface area (Å²) in [6.07, 6.45) is 3.87. The van der Waals surface area contributed by atoms with Crippen LogP contribution in [0.15, 0.2) is 53.1 Å². The maximum Gasteiger partial charge on any atom is 0.241 e. The van der Waals surface area contributed by atoms with Gasteiger partial charge in [0.2, 0.25) is 5.91 Å². The van der Waals surface area contributed by atoms with Gasteiger partial charge >= 0.3 is 0 Å². The summed E-state index contributed by atoms with van der Waals surface area (Å²) in [6, 6.07) is 13.5. The zero-order chi connectivity index (χ0) is 15.8. The van der Waals surface area contributed by atoms with E-state index >= 15 is 0 Å². The molecule has 4 heteroatoms. The molecular formula is C18H24N2O2. The third-order valence-corrected chi connectivity index (χ3v) is 3.56. The van der Waals surface area contributed by atoms with Gasteiger partial charge in [-0.1, -0.05) is 31.5 Å². The maximum absolute atomic E-state index is 12.7. The standard InChI is InChI=1S/C18H24N2O2/c1-3-4-12-19(2)15-18(21)20(14-17-11-8-13-22-17)16-9-6-5-7-10-16/h5-11,13H,3-4,12,14-15H2,1-2H3. The minimum Gasteiger partial charge on any atom is -0.467 e. The first-order valence-corrected chi connectivity index (χ1v) is 7.77. The Morgan fingerprint density at radius 3 is 2.55 bits per heavy atom. The molecule has 0 atom stereocenters. The molecule has 1 amide bonds. The van der Waals surface area contributed by atoms with Crippen molar-refractivity contribution in [1.82, 2.24) is 4.90 Å². The zero-order valence-electron chi connectivity index (χ0n) is 13.4. The number of amides is 1. The predicted molar refractivity (Wildman–Crippen MR) is 88.7 cm³/mol. The van der Waals surface area contributed by atoms with Gasteiger partial charge in [-0.15, -0.1) is 0 Å². The van der Waals surface area contributed by atoms with Crippen LogP contribution in [-0.2, 0) is 11.3 Å². The van der Waals surface area contributed by atoms with Crippen molar-refractivity contribution in [2.24, 2.45) is 0 Å². The number of carbonyl (C=O) groups excluding carboxylic acids is 1. The molecule has 0 aliphatic heterocycles. The summed E-state index contributed by atoms with van der Waals surface area (Å²) in [7, 11) is 1.99. The highest BCUT2D eigenvalue weighted by molar-refractivity contribution is 5.94. The molecule has 2 aromatic rings. The van der Waals surface area contributed by atoms with Gasteiger partial charge in [-0.3, -0.25) is 9.69 Å². The molecule has 1 heterocycles. The van der Waals surface area contributed by atoms with Crippen LogP contribution in [0.1, 0.15) is 25.5 Å². The average Bonchev–Trinajstić information content (AvgIpc) is 3.04. The lowest BCUT2D eigenvalue weighted by molar-refractivity contribution is -0.119. The number of benzene rings is 1. The number of hydrogen-bond acceptors (Lipinski definition) is 3. The van der Waals surface area contributed by atoms with E-state index in [0.29, 0.717) is 13.1 Å². The minimum atomic E-state index is 0.0844. The molecule has 0 radical (unpaired) electrons. The van der Waals surface area contributed by atoms with Gasteiger partial charge in [0.15, 0.2) is 0 Å². The number of rotatable bonds is 8. The number of hydrogen-bond donors (Lipinski definition) is 0. The molecule has 0 N–H and O–H groups in total. The number of unbranched alkanes of at least 4 members (excludes halogenated alkanes) is 1. The largest absolute Gasteiger partial charge is 0.467 e. The van der Waals surface area contributed by atoms with Crippen LogP contribution in [0.4, 0.5) is 5.69 Å². The van der Waals surface area contributed by atoms with Crippen molar-refractivity contribution in [2.45, 2.75) is 26.3 Å². The summed E-state index contributed by atoms with van der Waals surface area (Å²) in [5.74, 6) is 0.870. The topological polar surface area (TPSA) is 36.7 Å². The van der Waals surface area contributed by atoms with E-state index in [0.717, 1.165) is 30.8 Å². The highest BCUT2D eigenvalue weighted by atomic mass is 16.3. The molecule has 0 aliphatic rings. The van der Waals surface area contributed by atoms with Gasteiger partial charge in [-0.05, 0) is 44.3 Å². The molecule has 4 nitrogen and oxygen atoms in total. The lowest BCUT2D eigenvalue weighted by Crippen LogP contribution is -2.39. The van der Waals surface area contributed by atoms with Crippen LogP contribution in [0.5, 0.6) is 0 Å². The molecule has 0 bridgehead atoms. The normalized spacial score (nSPS) is 10.9. The summed E-state index contributed by atoms with van der Waals surface area (Å²) in [5, 5.41) is 0. The fraction of sp³-hybridized carbons (Fsp3) is 0.389. The highest BCUT2D eigenvalue weighted by Crippen LogP contribution is 2.17. The van der Waals surface area contributed by atoms with Crippen molar-refractivity contribution < 1.29 is 9.21 Å². The molecular weight excluding hydrogens is 276 g/mol. The number of carbonyl (C=O) groups is 1. The van der Waals surface area contributed by atoms with E-state index in [1.807, 2.05) is 49.5 Å². The summed E-state index contributed by atoms with van der Waals surface area (Å²) < 4.78 is 5.40. The average molecular weight is 300 g/mol. The van der Waals surface area contributed by atoms with Gasteiger partial charge < -0.3 is 9.32 Å². The molecule has 1 aromatic carbocycles. The second kappa shape index (κ2) is 8.39. The maximum atomic E-state index is 12.7.